The maximum Gasteiger partial charge on any atom is 0.254 e. The smallest absolute Gasteiger partial charge is 0.254 e. The summed E-state index contributed by atoms with van der Waals surface area (Å²) in [6.07, 6.45) is 4.37. The van der Waals surface area contributed by atoms with Gasteiger partial charge in [0.25, 0.3) is 5.78 Å². The molecule has 0 unspecified atom stereocenters. The summed E-state index contributed by atoms with van der Waals surface area (Å²) in [4.78, 5) is 8.72. The Hall–Kier alpha value is -2.51. The summed E-state index contributed by atoms with van der Waals surface area (Å²) in [6.45, 7) is 7.28. The number of aromatic nitrogens is 7. The zero-order chi connectivity index (χ0) is 16.7. The van der Waals surface area contributed by atoms with Crippen LogP contribution in [0.15, 0.2) is 12.4 Å². The Morgan fingerprint density at radius 1 is 1.33 bits per heavy atom. The van der Waals surface area contributed by atoms with Crippen molar-refractivity contribution in [3.05, 3.63) is 29.7 Å². The number of hydrogen-bond acceptors (Lipinski definition) is 6. The van der Waals surface area contributed by atoms with Gasteiger partial charge >= 0.3 is 0 Å². The van der Waals surface area contributed by atoms with Crippen LogP contribution in [0.5, 0.6) is 0 Å². The molecule has 1 aliphatic rings. The van der Waals surface area contributed by atoms with Crippen LogP contribution in [-0.2, 0) is 19.4 Å². The monoisotopic (exact) mass is 326 g/mol. The maximum atomic E-state index is 4.50. The summed E-state index contributed by atoms with van der Waals surface area (Å²) in [5.41, 5.74) is 1.02. The van der Waals surface area contributed by atoms with Crippen molar-refractivity contribution in [2.24, 2.45) is 0 Å². The Balaban J connectivity index is 1.62. The van der Waals surface area contributed by atoms with Crippen molar-refractivity contribution in [2.45, 2.75) is 58.5 Å². The summed E-state index contributed by atoms with van der Waals surface area (Å²) in [6, 6.07) is 2.37. The van der Waals surface area contributed by atoms with Crippen LogP contribution >= 0.6 is 0 Å². The van der Waals surface area contributed by atoms with Crippen LogP contribution in [0.1, 0.15) is 50.5 Å². The van der Waals surface area contributed by atoms with E-state index < -0.39 is 0 Å². The van der Waals surface area contributed by atoms with E-state index in [0.717, 1.165) is 49.0 Å². The molecule has 4 heterocycles. The summed E-state index contributed by atoms with van der Waals surface area (Å²) >= 11 is 0. The van der Waals surface area contributed by atoms with E-state index in [1.54, 1.807) is 10.8 Å². The second kappa shape index (κ2) is 5.85. The molecule has 1 N–H and O–H groups in total. The molecule has 0 radical (unpaired) electrons. The molecule has 0 aliphatic carbocycles. The zero-order valence-electron chi connectivity index (χ0n) is 14.3. The molecule has 0 saturated heterocycles. The SMILES string of the molecule is CCc1cc(N[C@@H]2CCc3nnc(C(C)C)n3C2)n2ncnc2n1. The van der Waals surface area contributed by atoms with E-state index >= 15 is 0 Å². The molecular weight excluding hydrogens is 304 g/mol. The molecule has 3 aromatic heterocycles. The Kier molecular flexibility index (Phi) is 3.66. The molecule has 0 aromatic carbocycles. The van der Waals surface area contributed by atoms with Gasteiger partial charge in [-0.15, -0.1) is 10.2 Å². The molecule has 0 amide bonds. The molecule has 0 spiro atoms. The van der Waals surface area contributed by atoms with Gasteiger partial charge in [-0.3, -0.25) is 0 Å². The second-order valence-corrected chi connectivity index (χ2v) is 6.58. The van der Waals surface area contributed by atoms with Crippen LogP contribution in [0.3, 0.4) is 0 Å². The first kappa shape index (κ1) is 15.0. The summed E-state index contributed by atoms with van der Waals surface area (Å²) in [5.74, 6) is 4.11. The van der Waals surface area contributed by atoms with Gasteiger partial charge in [0.15, 0.2) is 0 Å². The molecule has 0 fully saturated rings. The minimum atomic E-state index is 0.311. The minimum absolute atomic E-state index is 0.311. The van der Waals surface area contributed by atoms with Crippen LogP contribution in [0, 0.1) is 0 Å². The third-order valence-electron chi connectivity index (χ3n) is 4.51. The number of aryl methyl sites for hydroxylation is 2. The Morgan fingerprint density at radius 3 is 3.00 bits per heavy atom. The zero-order valence-corrected chi connectivity index (χ0v) is 14.3. The van der Waals surface area contributed by atoms with Crippen molar-refractivity contribution >= 4 is 11.6 Å². The van der Waals surface area contributed by atoms with Crippen molar-refractivity contribution in [3.63, 3.8) is 0 Å². The fraction of sp³-hybridized carbons (Fsp3) is 0.562. The highest BCUT2D eigenvalue weighted by Gasteiger charge is 2.24. The fourth-order valence-corrected chi connectivity index (χ4v) is 3.25. The Labute approximate surface area is 140 Å². The predicted octanol–water partition coefficient (Wildman–Crippen LogP) is 1.83. The predicted molar refractivity (Wildman–Crippen MR) is 90.0 cm³/mol. The van der Waals surface area contributed by atoms with Gasteiger partial charge < -0.3 is 9.88 Å². The lowest BCUT2D eigenvalue weighted by molar-refractivity contribution is 0.458. The Bertz CT molecular complexity index is 862. The van der Waals surface area contributed by atoms with Gasteiger partial charge in [0.05, 0.1) is 0 Å². The summed E-state index contributed by atoms with van der Waals surface area (Å²) in [7, 11) is 0. The van der Waals surface area contributed by atoms with Gasteiger partial charge in [-0.25, -0.2) is 4.98 Å². The number of anilines is 1. The number of hydrogen-bond donors (Lipinski definition) is 1. The van der Waals surface area contributed by atoms with Crippen molar-refractivity contribution in [3.8, 4) is 0 Å². The molecule has 0 saturated carbocycles. The van der Waals surface area contributed by atoms with Crippen molar-refractivity contribution in [2.75, 3.05) is 5.32 Å². The molecule has 8 nitrogen and oxygen atoms in total. The average Bonchev–Trinajstić information content (AvgIpc) is 3.20. The normalized spacial score (nSPS) is 17.4. The lowest BCUT2D eigenvalue weighted by Crippen LogP contribution is -2.33. The summed E-state index contributed by atoms with van der Waals surface area (Å²) in [5, 5.41) is 16.6. The summed E-state index contributed by atoms with van der Waals surface area (Å²) < 4.78 is 4.02. The Morgan fingerprint density at radius 2 is 2.21 bits per heavy atom. The van der Waals surface area contributed by atoms with Crippen molar-refractivity contribution in [1.82, 2.24) is 34.3 Å². The topological polar surface area (TPSA) is 85.8 Å². The van der Waals surface area contributed by atoms with Crippen LogP contribution in [0.25, 0.3) is 5.78 Å². The highest BCUT2D eigenvalue weighted by atomic mass is 15.4. The van der Waals surface area contributed by atoms with Gasteiger partial charge in [-0.1, -0.05) is 20.8 Å². The van der Waals surface area contributed by atoms with Crippen molar-refractivity contribution in [1.29, 1.82) is 0 Å². The lowest BCUT2D eigenvalue weighted by atomic mass is 10.1. The van der Waals surface area contributed by atoms with E-state index in [-0.39, 0.29) is 0 Å². The van der Waals surface area contributed by atoms with Gasteiger partial charge in [0, 0.05) is 36.7 Å². The van der Waals surface area contributed by atoms with E-state index in [4.69, 9.17) is 0 Å². The molecule has 1 atom stereocenters. The molecular formula is C16H22N8. The number of rotatable bonds is 4. The van der Waals surface area contributed by atoms with Gasteiger partial charge in [0.2, 0.25) is 0 Å². The lowest BCUT2D eigenvalue weighted by Gasteiger charge is -2.26. The van der Waals surface area contributed by atoms with E-state index in [9.17, 15) is 0 Å². The van der Waals surface area contributed by atoms with Crippen molar-refractivity contribution < 1.29 is 0 Å². The van der Waals surface area contributed by atoms with E-state index in [1.807, 2.05) is 0 Å². The molecule has 8 heteroatoms. The molecule has 1 aliphatic heterocycles. The maximum absolute atomic E-state index is 4.50. The first-order valence-corrected chi connectivity index (χ1v) is 8.54. The quantitative estimate of drug-likeness (QED) is 0.787. The first-order chi connectivity index (χ1) is 11.7. The largest absolute Gasteiger partial charge is 0.365 e. The van der Waals surface area contributed by atoms with Crippen LogP contribution in [-0.4, -0.2) is 40.4 Å². The first-order valence-electron chi connectivity index (χ1n) is 8.54. The van der Waals surface area contributed by atoms with Crippen LogP contribution in [0.2, 0.25) is 0 Å². The molecule has 4 rings (SSSR count). The standard InChI is InChI=1S/C16H22N8/c1-4-11-7-14(24-16(20-11)17-9-18-24)19-12-5-6-13-21-22-15(10(2)3)23(13)8-12/h7,9-10,12,19H,4-6,8H2,1-3H3/t12-/m1/s1. The van der Waals surface area contributed by atoms with Gasteiger partial charge in [-0.2, -0.15) is 14.6 Å². The third-order valence-corrected chi connectivity index (χ3v) is 4.51. The molecule has 24 heavy (non-hydrogen) atoms. The molecule has 0 bridgehead atoms. The molecule has 126 valence electrons. The third kappa shape index (κ3) is 2.51. The second-order valence-electron chi connectivity index (χ2n) is 6.58. The number of fused-ring (bicyclic) bond motifs is 2. The molecule has 3 aromatic rings. The minimum Gasteiger partial charge on any atom is -0.365 e. The number of nitrogens with one attached hydrogen (secondary N) is 1. The van der Waals surface area contributed by atoms with E-state index in [1.165, 1.54) is 0 Å². The van der Waals surface area contributed by atoms with Gasteiger partial charge in [-0.05, 0) is 12.8 Å². The highest BCUT2D eigenvalue weighted by Crippen LogP contribution is 2.22. The van der Waals surface area contributed by atoms with Crippen LogP contribution in [0.4, 0.5) is 5.82 Å². The fourth-order valence-electron chi connectivity index (χ4n) is 3.25. The average molecular weight is 326 g/mol. The van der Waals surface area contributed by atoms with E-state index in [0.29, 0.717) is 17.7 Å². The van der Waals surface area contributed by atoms with E-state index in [2.05, 4.69) is 62.0 Å². The van der Waals surface area contributed by atoms with Gasteiger partial charge in [0.1, 0.15) is 23.8 Å². The number of nitrogens with zero attached hydrogens (tertiary/aromatic N) is 7. The van der Waals surface area contributed by atoms with Crippen LogP contribution < -0.4 is 5.32 Å². The highest BCUT2D eigenvalue weighted by molar-refractivity contribution is 5.45.